The van der Waals surface area contributed by atoms with Crippen LogP contribution in [0.4, 0.5) is 11.4 Å². The van der Waals surface area contributed by atoms with Gasteiger partial charge in [0.05, 0.1) is 15.8 Å². The van der Waals surface area contributed by atoms with Gasteiger partial charge in [0.1, 0.15) is 5.75 Å². The molecule has 1 atom stereocenters. The van der Waals surface area contributed by atoms with E-state index >= 15 is 0 Å². The fourth-order valence-corrected chi connectivity index (χ4v) is 4.85. The maximum atomic E-state index is 13.1. The molecule has 154 valence electrons. The van der Waals surface area contributed by atoms with Crippen molar-refractivity contribution in [3.63, 3.8) is 0 Å². The van der Waals surface area contributed by atoms with Crippen molar-refractivity contribution in [2.75, 3.05) is 17.2 Å². The van der Waals surface area contributed by atoms with E-state index in [0.29, 0.717) is 22.7 Å². The first kappa shape index (κ1) is 20.9. The molecule has 0 saturated carbocycles. The van der Waals surface area contributed by atoms with Crippen LogP contribution >= 0.6 is 0 Å². The lowest BCUT2D eigenvalue weighted by atomic mass is 10.1. The van der Waals surface area contributed by atoms with E-state index in [2.05, 4.69) is 10.6 Å². The summed E-state index contributed by atoms with van der Waals surface area (Å²) in [6.45, 7) is 6.85. The second kappa shape index (κ2) is 7.87. The summed E-state index contributed by atoms with van der Waals surface area (Å²) < 4.78 is 31.5. The van der Waals surface area contributed by atoms with Gasteiger partial charge >= 0.3 is 0 Å². The molecule has 1 aliphatic heterocycles. The third-order valence-corrected chi connectivity index (χ3v) is 7.15. The third-order valence-electron chi connectivity index (χ3n) is 4.88. The number of fused-ring (bicyclic) bond motifs is 1. The maximum Gasteiger partial charge on any atom is 0.262 e. The molecule has 1 aliphatic rings. The first-order valence-corrected chi connectivity index (χ1v) is 10.8. The minimum atomic E-state index is -3.77. The monoisotopic (exact) mass is 416 g/mol. The highest BCUT2D eigenvalue weighted by Crippen LogP contribution is 2.34. The molecule has 0 spiro atoms. The number of sulfone groups is 1. The Hall–Kier alpha value is -2.87. The van der Waals surface area contributed by atoms with Crippen LogP contribution in [0, 0.1) is 20.8 Å². The number of hydrogen-bond donors (Lipinski definition) is 2. The quantitative estimate of drug-likeness (QED) is 0.780. The fraction of sp³-hybridized carbons (Fsp3) is 0.333. The first-order valence-electron chi connectivity index (χ1n) is 9.26. The number of hydrogen-bond acceptors (Lipinski definition) is 5. The number of carbonyl (C=O) groups is 2. The lowest BCUT2D eigenvalue weighted by molar-refractivity contribution is -0.118. The lowest BCUT2D eigenvalue weighted by Gasteiger charge is -2.21. The lowest BCUT2D eigenvalue weighted by Crippen LogP contribution is -2.27. The van der Waals surface area contributed by atoms with Crippen molar-refractivity contribution >= 4 is 33.0 Å². The van der Waals surface area contributed by atoms with Crippen LogP contribution in [-0.2, 0) is 19.4 Å². The van der Waals surface area contributed by atoms with Crippen molar-refractivity contribution in [3.8, 4) is 5.75 Å². The molecule has 8 heteroatoms. The van der Waals surface area contributed by atoms with Crippen molar-refractivity contribution < 1.29 is 22.7 Å². The van der Waals surface area contributed by atoms with Gasteiger partial charge in [-0.3, -0.25) is 9.59 Å². The van der Waals surface area contributed by atoms with Crippen LogP contribution in [0.2, 0.25) is 0 Å². The molecule has 2 amide bonds. The van der Waals surface area contributed by atoms with Crippen LogP contribution in [0.25, 0.3) is 0 Å². The molecule has 0 aliphatic carbocycles. The molecule has 29 heavy (non-hydrogen) atoms. The molecule has 3 rings (SSSR count). The third kappa shape index (κ3) is 4.42. The Labute approximate surface area is 170 Å². The fourth-order valence-electron chi connectivity index (χ4n) is 3.27. The van der Waals surface area contributed by atoms with E-state index in [4.69, 9.17) is 4.74 Å². The number of anilines is 2. The molecular formula is C21H24N2O5S. The topological polar surface area (TPSA) is 102 Å². The van der Waals surface area contributed by atoms with E-state index in [-0.39, 0.29) is 29.7 Å². The highest BCUT2D eigenvalue weighted by atomic mass is 32.2. The Kier molecular flexibility index (Phi) is 5.66. The Morgan fingerprint density at radius 2 is 1.90 bits per heavy atom. The second-order valence-corrected chi connectivity index (χ2v) is 9.71. The highest BCUT2D eigenvalue weighted by molar-refractivity contribution is 7.92. The minimum Gasteiger partial charge on any atom is -0.482 e. The SMILES string of the molecule is Cc1ccc(NC(=O)C[C@H](C)S(=O)(=O)c2cc3c(cc2C)NC(=O)CO3)c(C)c1. The molecule has 7 nitrogen and oxygen atoms in total. The predicted octanol–water partition coefficient (Wildman–Crippen LogP) is 3.13. The van der Waals surface area contributed by atoms with E-state index in [0.717, 1.165) is 11.1 Å². The molecular weight excluding hydrogens is 392 g/mol. The van der Waals surface area contributed by atoms with Gasteiger partial charge < -0.3 is 15.4 Å². The van der Waals surface area contributed by atoms with Crippen molar-refractivity contribution in [1.82, 2.24) is 0 Å². The number of rotatable bonds is 5. The van der Waals surface area contributed by atoms with Crippen LogP contribution in [-0.4, -0.2) is 32.1 Å². The number of aryl methyl sites for hydroxylation is 3. The van der Waals surface area contributed by atoms with Crippen molar-refractivity contribution in [2.45, 2.75) is 44.3 Å². The molecule has 0 unspecified atom stereocenters. The zero-order valence-electron chi connectivity index (χ0n) is 16.8. The zero-order chi connectivity index (χ0) is 21.3. The van der Waals surface area contributed by atoms with Gasteiger partial charge in [-0.05, 0) is 51.0 Å². The summed E-state index contributed by atoms with van der Waals surface area (Å²) in [6.07, 6.45) is -0.177. The van der Waals surface area contributed by atoms with Crippen LogP contribution in [0.5, 0.6) is 5.75 Å². The van der Waals surface area contributed by atoms with Gasteiger partial charge in [-0.1, -0.05) is 17.7 Å². The molecule has 2 aromatic carbocycles. The summed E-state index contributed by atoms with van der Waals surface area (Å²) in [7, 11) is -3.77. The molecule has 0 fully saturated rings. The largest absolute Gasteiger partial charge is 0.482 e. The van der Waals surface area contributed by atoms with E-state index in [1.807, 2.05) is 26.0 Å². The van der Waals surface area contributed by atoms with Crippen LogP contribution in [0.15, 0.2) is 35.2 Å². The van der Waals surface area contributed by atoms with E-state index in [9.17, 15) is 18.0 Å². The van der Waals surface area contributed by atoms with Crippen molar-refractivity contribution in [3.05, 3.63) is 47.0 Å². The van der Waals surface area contributed by atoms with Crippen LogP contribution < -0.4 is 15.4 Å². The number of benzene rings is 2. The summed E-state index contributed by atoms with van der Waals surface area (Å²) in [5.74, 6) is -0.350. The van der Waals surface area contributed by atoms with E-state index in [1.165, 1.54) is 13.0 Å². The molecule has 0 saturated heterocycles. The maximum absolute atomic E-state index is 13.1. The van der Waals surface area contributed by atoms with Gasteiger partial charge in [0.15, 0.2) is 16.4 Å². The number of nitrogens with one attached hydrogen (secondary N) is 2. The van der Waals surface area contributed by atoms with E-state index in [1.54, 1.807) is 19.1 Å². The summed E-state index contributed by atoms with van der Waals surface area (Å²) in [5.41, 5.74) is 3.59. The Morgan fingerprint density at radius 1 is 1.17 bits per heavy atom. The van der Waals surface area contributed by atoms with Crippen LogP contribution in [0.1, 0.15) is 30.0 Å². The molecule has 0 radical (unpaired) electrons. The molecule has 2 N–H and O–H groups in total. The number of amides is 2. The summed E-state index contributed by atoms with van der Waals surface area (Å²) in [4.78, 5) is 24.0. The average molecular weight is 416 g/mol. The van der Waals surface area contributed by atoms with Gasteiger partial charge in [0, 0.05) is 18.2 Å². The summed E-state index contributed by atoms with van der Waals surface area (Å²) in [5, 5.41) is 4.51. The standard InChI is InChI=1S/C21H24N2O5S/c1-12-5-6-16(13(2)7-12)22-20(24)9-15(4)29(26,27)19-10-18-17(8-14(19)3)23-21(25)11-28-18/h5-8,10,15H,9,11H2,1-4H3,(H,22,24)(H,23,25)/t15-/m0/s1. The van der Waals surface area contributed by atoms with Gasteiger partial charge in [-0.2, -0.15) is 0 Å². The van der Waals surface area contributed by atoms with Crippen molar-refractivity contribution in [1.29, 1.82) is 0 Å². The average Bonchev–Trinajstić information content (AvgIpc) is 2.63. The Balaban J connectivity index is 1.78. The summed E-state index contributed by atoms with van der Waals surface area (Å²) >= 11 is 0. The zero-order valence-corrected chi connectivity index (χ0v) is 17.6. The Bertz CT molecular complexity index is 1090. The van der Waals surface area contributed by atoms with Gasteiger partial charge in [0.2, 0.25) is 5.91 Å². The van der Waals surface area contributed by atoms with E-state index < -0.39 is 15.1 Å². The smallest absolute Gasteiger partial charge is 0.262 e. The molecule has 1 heterocycles. The highest BCUT2D eigenvalue weighted by Gasteiger charge is 2.29. The molecule has 2 aromatic rings. The van der Waals surface area contributed by atoms with Gasteiger partial charge in [-0.25, -0.2) is 8.42 Å². The minimum absolute atomic E-state index is 0.0965. The number of carbonyl (C=O) groups excluding carboxylic acids is 2. The number of ether oxygens (including phenoxy) is 1. The predicted molar refractivity (Wildman–Crippen MR) is 111 cm³/mol. The molecule has 0 aromatic heterocycles. The summed E-state index contributed by atoms with van der Waals surface area (Å²) in [6, 6.07) is 8.63. The molecule has 0 bridgehead atoms. The first-order chi connectivity index (χ1) is 13.6. The second-order valence-electron chi connectivity index (χ2n) is 7.38. The van der Waals surface area contributed by atoms with Crippen LogP contribution in [0.3, 0.4) is 0 Å². The Morgan fingerprint density at radius 3 is 2.59 bits per heavy atom. The van der Waals surface area contributed by atoms with Crippen molar-refractivity contribution in [2.24, 2.45) is 0 Å². The van der Waals surface area contributed by atoms with Gasteiger partial charge in [-0.15, -0.1) is 0 Å². The van der Waals surface area contributed by atoms with Gasteiger partial charge in [0.25, 0.3) is 5.91 Å². The normalized spacial score (nSPS) is 14.4.